The Hall–Kier alpha value is -2.36. The Labute approximate surface area is 133 Å². The van der Waals surface area contributed by atoms with Crippen molar-refractivity contribution in [2.75, 3.05) is 0 Å². The summed E-state index contributed by atoms with van der Waals surface area (Å²) in [6, 6.07) is 0. The van der Waals surface area contributed by atoms with Gasteiger partial charge in [0.1, 0.15) is 47.6 Å². The zero-order valence-electron chi connectivity index (χ0n) is 10.7. The summed E-state index contributed by atoms with van der Waals surface area (Å²) in [5.74, 6) is 0. The van der Waals surface area contributed by atoms with Crippen molar-refractivity contribution in [3.63, 3.8) is 0 Å². The highest BCUT2D eigenvalue weighted by molar-refractivity contribution is 5.70. The van der Waals surface area contributed by atoms with E-state index >= 15 is 0 Å². The summed E-state index contributed by atoms with van der Waals surface area (Å²) < 4.78 is 0. The van der Waals surface area contributed by atoms with Crippen molar-refractivity contribution in [2.45, 2.75) is 6.92 Å². The number of rotatable bonds is 0. The fourth-order valence-corrected chi connectivity index (χ4v) is 1.65. The number of halogens is 2. The average Bonchev–Trinajstić information content (AvgIpc) is 2.38. The molecule has 0 fully saturated rings. The van der Waals surface area contributed by atoms with Gasteiger partial charge >= 0.3 is 12.2 Å². The Bertz CT molecular complexity index is 575. The van der Waals surface area contributed by atoms with E-state index in [-0.39, 0.29) is 24.8 Å². The Morgan fingerprint density at radius 1 is 1.05 bits per heavy atom. The zero-order chi connectivity index (χ0) is 14.0. The molecule has 0 atom stereocenters. The number of amides is 2. The summed E-state index contributed by atoms with van der Waals surface area (Å²) >= 11 is 0. The Kier molecular flexibility index (Phi) is 6.59. The first-order chi connectivity index (χ1) is 8.99. The molecule has 110 valence electrons. The van der Waals surface area contributed by atoms with E-state index in [1.807, 2.05) is 0 Å². The van der Waals surface area contributed by atoms with Gasteiger partial charge in [-0.2, -0.15) is 9.59 Å². The van der Waals surface area contributed by atoms with E-state index in [0.717, 1.165) is 20.9 Å². The molecule has 0 aromatic rings. The molecule has 0 unspecified atom stereocenters. The van der Waals surface area contributed by atoms with E-state index in [2.05, 4.69) is 12.4 Å². The first-order valence-electron chi connectivity index (χ1n) is 5.34. The van der Waals surface area contributed by atoms with Gasteiger partial charge in [-0.15, -0.1) is 0 Å². The summed E-state index contributed by atoms with van der Waals surface area (Å²) in [5.41, 5.74) is 2.15. The van der Waals surface area contributed by atoms with Crippen LogP contribution < -0.4 is 24.8 Å². The van der Waals surface area contributed by atoms with Gasteiger partial charge < -0.3 is 35.0 Å². The number of carbonyl (C=O) groups is 2. The molecule has 2 aliphatic rings. The first kappa shape index (κ1) is 18.6. The van der Waals surface area contributed by atoms with Crippen LogP contribution in [0.4, 0.5) is 9.59 Å². The fraction of sp³-hybridized carbons (Fsp3) is 0.0769. The Balaban J connectivity index is 0.00000200. The Morgan fingerprint density at radius 3 is 2.05 bits per heavy atom. The normalized spacial score (nSPS) is 18.8. The lowest BCUT2D eigenvalue weighted by Gasteiger charge is -2.07. The molecule has 2 amide bonds. The van der Waals surface area contributed by atoms with Crippen molar-refractivity contribution in [3.8, 4) is 0 Å². The molecule has 0 aromatic carbocycles. The van der Waals surface area contributed by atoms with Gasteiger partial charge in [-0.1, -0.05) is 9.80 Å². The highest BCUT2D eigenvalue weighted by atomic mass is 35.5. The van der Waals surface area contributed by atoms with E-state index in [1.54, 1.807) is 19.1 Å². The van der Waals surface area contributed by atoms with Gasteiger partial charge in [0.2, 0.25) is 0 Å². The van der Waals surface area contributed by atoms with E-state index in [4.69, 9.17) is 10.2 Å². The van der Waals surface area contributed by atoms with Crippen LogP contribution in [0.15, 0.2) is 47.3 Å². The van der Waals surface area contributed by atoms with Gasteiger partial charge in [0, 0.05) is 0 Å². The summed E-state index contributed by atoms with van der Waals surface area (Å²) in [7, 11) is 0. The van der Waals surface area contributed by atoms with Gasteiger partial charge in [0.15, 0.2) is 0 Å². The van der Waals surface area contributed by atoms with Crippen molar-refractivity contribution >= 4 is 12.2 Å². The van der Waals surface area contributed by atoms with Crippen LogP contribution in [0.25, 0.3) is 0 Å². The van der Waals surface area contributed by atoms with Gasteiger partial charge in [0.05, 0.1) is 12.2 Å². The lowest BCUT2D eigenvalue weighted by molar-refractivity contribution is -0.00100. The van der Waals surface area contributed by atoms with E-state index in [9.17, 15) is 9.59 Å². The molecule has 2 N–H and O–H groups in total. The number of hydrogen-bond acceptors (Lipinski definition) is 2. The third-order valence-corrected chi connectivity index (χ3v) is 2.57. The standard InChI is InChI=1S/C13H8N2O4.2ClH/c1-9-8-15(13(18)19)7-4-11(9)10-2-5-14(6-3-10)12(16)17;;/h2-5,7H,1H3;2*1H. The summed E-state index contributed by atoms with van der Waals surface area (Å²) in [6.07, 6.45) is 10.6. The smallest absolute Gasteiger partial charge is 0.506 e. The zero-order valence-corrected chi connectivity index (χ0v) is 12.3. The molecule has 0 saturated heterocycles. The van der Waals surface area contributed by atoms with Crippen LogP contribution in [0.5, 0.6) is 0 Å². The molecule has 0 spiro atoms. The van der Waals surface area contributed by atoms with Crippen LogP contribution in [-0.4, -0.2) is 32.2 Å². The van der Waals surface area contributed by atoms with Crippen molar-refractivity contribution in [1.29, 1.82) is 0 Å². The maximum Gasteiger partial charge on any atom is 0.506 e. The Morgan fingerprint density at radius 2 is 1.62 bits per heavy atom. The summed E-state index contributed by atoms with van der Waals surface area (Å²) in [5, 5.41) is 17.6. The van der Waals surface area contributed by atoms with E-state index in [0.29, 0.717) is 5.57 Å². The number of nitrogens with zero attached hydrogens (tertiary/aromatic N) is 2. The molecule has 0 saturated carbocycles. The van der Waals surface area contributed by atoms with Gasteiger partial charge in [-0.3, -0.25) is 0 Å². The highest BCUT2D eigenvalue weighted by Crippen LogP contribution is 2.24. The van der Waals surface area contributed by atoms with Gasteiger partial charge in [0.25, 0.3) is 0 Å². The molecule has 8 heteroatoms. The topological polar surface area (TPSA) is 81.1 Å². The predicted octanol–water partition coefficient (Wildman–Crippen LogP) is -3.67. The minimum absolute atomic E-state index is 0. The molecule has 2 rings (SSSR count). The lowest BCUT2D eigenvalue weighted by atomic mass is 9.98. The molecule has 2 aliphatic heterocycles. The van der Waals surface area contributed by atoms with Gasteiger partial charge in [-0.25, -0.2) is 0 Å². The molecule has 0 aromatic heterocycles. The second-order valence-electron chi connectivity index (χ2n) is 3.82. The van der Waals surface area contributed by atoms with E-state index < -0.39 is 12.2 Å². The van der Waals surface area contributed by atoms with Crippen molar-refractivity contribution < 1.29 is 44.6 Å². The second kappa shape index (κ2) is 7.43. The van der Waals surface area contributed by atoms with Crippen LogP contribution in [0.2, 0.25) is 0 Å². The number of hydrogen-bond donors (Lipinski definition) is 2. The monoisotopic (exact) mass is 328 g/mol. The minimum Gasteiger partial charge on any atom is -1.00 e. The lowest BCUT2D eigenvalue weighted by Crippen LogP contribution is -3.00. The minimum atomic E-state index is -1.12. The van der Waals surface area contributed by atoms with Crippen LogP contribution in [0.1, 0.15) is 6.92 Å². The van der Waals surface area contributed by atoms with Crippen LogP contribution in [0.3, 0.4) is 0 Å². The molecule has 6 nitrogen and oxygen atoms in total. The summed E-state index contributed by atoms with van der Waals surface area (Å²) in [6.45, 7) is 1.73. The van der Waals surface area contributed by atoms with E-state index in [1.165, 1.54) is 18.5 Å². The maximum atomic E-state index is 10.8. The SMILES string of the molecule is CC1=[C+]N(C(=O)O)C=CC1=C1C=[C+]N(C(=O)O)C=C1.[Cl-].[Cl-]. The average molecular weight is 329 g/mol. The fourth-order valence-electron chi connectivity index (χ4n) is 1.65. The predicted molar refractivity (Wildman–Crippen MR) is 65.3 cm³/mol. The first-order valence-corrected chi connectivity index (χ1v) is 5.34. The van der Waals surface area contributed by atoms with Crippen LogP contribution >= 0.6 is 0 Å². The number of carboxylic acid groups (broad SMARTS) is 2. The molecule has 21 heavy (non-hydrogen) atoms. The third kappa shape index (κ3) is 4.05. The quantitative estimate of drug-likeness (QED) is 0.449. The largest absolute Gasteiger partial charge is 1.00 e. The van der Waals surface area contributed by atoms with Gasteiger partial charge in [-0.05, 0) is 6.92 Å². The second-order valence-corrected chi connectivity index (χ2v) is 3.82. The third-order valence-electron chi connectivity index (χ3n) is 2.57. The van der Waals surface area contributed by atoms with Crippen molar-refractivity contribution in [3.05, 3.63) is 59.7 Å². The maximum absolute atomic E-state index is 10.8. The molecule has 0 bridgehead atoms. The van der Waals surface area contributed by atoms with Crippen LogP contribution in [-0.2, 0) is 0 Å². The molecule has 2 heterocycles. The molecule has 0 radical (unpaired) electrons. The van der Waals surface area contributed by atoms with Crippen molar-refractivity contribution in [1.82, 2.24) is 9.80 Å². The summed E-state index contributed by atoms with van der Waals surface area (Å²) in [4.78, 5) is 23.3. The highest BCUT2D eigenvalue weighted by Gasteiger charge is 2.27. The number of allylic oxidation sites excluding steroid dienone is 6. The van der Waals surface area contributed by atoms with Crippen LogP contribution in [0, 0.1) is 12.4 Å². The van der Waals surface area contributed by atoms with Crippen molar-refractivity contribution in [2.24, 2.45) is 0 Å². The molecular weight excluding hydrogens is 319 g/mol. The molecular formula is C13H10Cl2N2O4. The molecule has 0 aliphatic carbocycles.